The van der Waals surface area contributed by atoms with Crippen LogP contribution in [-0.4, -0.2) is 59.0 Å². The van der Waals surface area contributed by atoms with E-state index in [9.17, 15) is 19.2 Å². The number of carbonyl (C=O) groups excluding carboxylic acids is 4. The van der Waals surface area contributed by atoms with Crippen molar-refractivity contribution in [3.8, 4) is 5.75 Å². The molecule has 2 aromatic rings. The first-order chi connectivity index (χ1) is 16.9. The second-order valence-electron chi connectivity index (χ2n) is 8.10. The number of anilines is 1. The fourth-order valence-corrected chi connectivity index (χ4v) is 4.83. The van der Waals surface area contributed by atoms with Gasteiger partial charge in [-0.3, -0.25) is 24.1 Å². The maximum absolute atomic E-state index is 12.8. The second-order valence-corrected chi connectivity index (χ2v) is 9.50. The van der Waals surface area contributed by atoms with Crippen LogP contribution in [0.3, 0.4) is 0 Å². The van der Waals surface area contributed by atoms with Crippen molar-refractivity contribution in [1.82, 2.24) is 9.80 Å². The maximum atomic E-state index is 12.8. The molecule has 2 aromatic carbocycles. The van der Waals surface area contributed by atoms with Gasteiger partial charge in [0.05, 0.1) is 9.93 Å². The fourth-order valence-electron chi connectivity index (χ4n) is 3.75. The number of hydrogen-bond acceptors (Lipinski definition) is 6. The molecule has 1 N–H and O–H groups in total. The van der Waals surface area contributed by atoms with Gasteiger partial charge in [0.25, 0.3) is 17.1 Å². The van der Waals surface area contributed by atoms with E-state index < -0.39 is 11.1 Å². The molecule has 0 unspecified atom stereocenters. The van der Waals surface area contributed by atoms with Gasteiger partial charge in [-0.2, -0.15) is 0 Å². The van der Waals surface area contributed by atoms with Crippen LogP contribution in [0.5, 0.6) is 5.75 Å². The number of carbonyl (C=O) groups is 4. The normalized spacial score (nSPS) is 17.1. The Morgan fingerprint density at radius 1 is 1.06 bits per heavy atom. The zero-order valence-corrected chi connectivity index (χ0v) is 20.4. The molecule has 0 radical (unpaired) electrons. The minimum Gasteiger partial charge on any atom is -0.482 e. The first kappa shape index (κ1) is 24.8. The Balaban J connectivity index is 1.35. The van der Waals surface area contributed by atoms with Gasteiger partial charge >= 0.3 is 0 Å². The van der Waals surface area contributed by atoms with Crippen molar-refractivity contribution in [2.24, 2.45) is 0 Å². The van der Waals surface area contributed by atoms with Crippen molar-refractivity contribution in [3.05, 3.63) is 64.0 Å². The number of benzene rings is 2. The molecule has 0 bridgehead atoms. The van der Waals surface area contributed by atoms with E-state index in [4.69, 9.17) is 16.3 Å². The van der Waals surface area contributed by atoms with E-state index in [2.05, 4.69) is 5.32 Å². The molecule has 182 valence electrons. The Hall–Kier alpha value is -3.30. The van der Waals surface area contributed by atoms with Crippen molar-refractivity contribution >= 4 is 58.1 Å². The van der Waals surface area contributed by atoms with E-state index in [0.717, 1.165) is 35.9 Å². The molecule has 4 rings (SSSR count). The predicted molar refractivity (Wildman–Crippen MR) is 135 cm³/mol. The van der Waals surface area contributed by atoms with E-state index in [1.165, 1.54) is 0 Å². The number of piperidine rings is 1. The highest BCUT2D eigenvalue weighted by Crippen LogP contribution is 2.34. The Kier molecular flexibility index (Phi) is 8.09. The van der Waals surface area contributed by atoms with Crippen molar-refractivity contribution in [1.29, 1.82) is 0 Å². The molecule has 2 saturated heterocycles. The first-order valence-electron chi connectivity index (χ1n) is 11.2. The third-order valence-electron chi connectivity index (χ3n) is 5.55. The number of nitrogens with zero attached hydrogens (tertiary/aromatic N) is 2. The fraction of sp³-hybridized carbons (Fsp3) is 0.280. The monoisotopic (exact) mass is 513 g/mol. The number of likely N-dealkylation sites (tertiary alicyclic amines) is 1. The van der Waals surface area contributed by atoms with Gasteiger partial charge in [0.2, 0.25) is 5.91 Å². The Labute approximate surface area is 212 Å². The second kappa shape index (κ2) is 11.4. The van der Waals surface area contributed by atoms with Crippen LogP contribution < -0.4 is 10.1 Å². The summed E-state index contributed by atoms with van der Waals surface area (Å²) in [4.78, 5) is 52.6. The number of amides is 4. The topological polar surface area (TPSA) is 96.0 Å². The quantitative estimate of drug-likeness (QED) is 0.551. The maximum Gasteiger partial charge on any atom is 0.294 e. The van der Waals surface area contributed by atoms with Gasteiger partial charge in [0, 0.05) is 18.8 Å². The van der Waals surface area contributed by atoms with Crippen LogP contribution in [0, 0.1) is 0 Å². The smallest absolute Gasteiger partial charge is 0.294 e. The lowest BCUT2D eigenvalue weighted by Crippen LogP contribution is -2.44. The summed E-state index contributed by atoms with van der Waals surface area (Å²) in [5.41, 5.74) is 1.25. The van der Waals surface area contributed by atoms with E-state index in [0.29, 0.717) is 30.1 Å². The van der Waals surface area contributed by atoms with Gasteiger partial charge in [-0.1, -0.05) is 35.9 Å². The summed E-state index contributed by atoms with van der Waals surface area (Å²) in [6, 6.07) is 13.9. The van der Waals surface area contributed by atoms with Crippen LogP contribution in [0.15, 0.2) is 53.4 Å². The molecule has 10 heteroatoms. The van der Waals surface area contributed by atoms with E-state index in [1.807, 2.05) is 18.2 Å². The summed E-state index contributed by atoms with van der Waals surface area (Å²) in [6.45, 7) is 0.843. The molecular formula is C25H24ClN3O5S. The number of para-hydroxylation sites is 1. The van der Waals surface area contributed by atoms with E-state index in [-0.39, 0.29) is 34.9 Å². The third-order valence-corrected chi connectivity index (χ3v) is 6.75. The Morgan fingerprint density at radius 2 is 1.80 bits per heavy atom. The lowest BCUT2D eigenvalue weighted by Gasteiger charge is -2.27. The van der Waals surface area contributed by atoms with Crippen LogP contribution in [0.25, 0.3) is 6.08 Å². The van der Waals surface area contributed by atoms with Crippen LogP contribution in [0.4, 0.5) is 10.5 Å². The average molecular weight is 514 g/mol. The van der Waals surface area contributed by atoms with Crippen LogP contribution >= 0.6 is 23.4 Å². The van der Waals surface area contributed by atoms with E-state index in [1.54, 1.807) is 41.3 Å². The summed E-state index contributed by atoms with van der Waals surface area (Å²) < 4.78 is 5.51. The summed E-state index contributed by atoms with van der Waals surface area (Å²) in [5, 5.41) is 2.50. The number of rotatable bonds is 7. The molecule has 0 saturated carbocycles. The molecular weight excluding hydrogens is 490 g/mol. The van der Waals surface area contributed by atoms with Crippen LogP contribution in [0.1, 0.15) is 24.8 Å². The van der Waals surface area contributed by atoms with Gasteiger partial charge in [0.1, 0.15) is 12.3 Å². The highest BCUT2D eigenvalue weighted by Gasteiger charge is 2.37. The minimum absolute atomic E-state index is 0.214. The molecule has 8 nitrogen and oxygen atoms in total. The summed E-state index contributed by atoms with van der Waals surface area (Å²) >= 11 is 7.09. The number of imide groups is 1. The summed E-state index contributed by atoms with van der Waals surface area (Å²) in [7, 11) is 0. The molecule has 2 fully saturated rings. The SMILES string of the molecule is O=C(COc1ccc(/C=C2\SC(=O)N(CC(=O)N3CCCCC3)C2=O)cc1Cl)Nc1ccccc1. The predicted octanol–water partition coefficient (Wildman–Crippen LogP) is 4.41. The van der Waals surface area contributed by atoms with Gasteiger partial charge in [0.15, 0.2) is 6.61 Å². The van der Waals surface area contributed by atoms with Crippen molar-refractivity contribution in [2.75, 3.05) is 31.6 Å². The molecule has 4 amide bonds. The Bertz CT molecular complexity index is 1160. The zero-order valence-electron chi connectivity index (χ0n) is 18.9. The van der Waals surface area contributed by atoms with Gasteiger partial charge in [-0.25, -0.2) is 0 Å². The highest BCUT2D eigenvalue weighted by atomic mass is 35.5. The summed E-state index contributed by atoms with van der Waals surface area (Å²) in [5.74, 6) is -0.732. The van der Waals surface area contributed by atoms with Crippen LogP contribution in [0.2, 0.25) is 5.02 Å². The number of thioether (sulfide) groups is 1. The van der Waals surface area contributed by atoms with Crippen molar-refractivity contribution < 1.29 is 23.9 Å². The van der Waals surface area contributed by atoms with Gasteiger partial charge < -0.3 is 15.0 Å². The van der Waals surface area contributed by atoms with E-state index >= 15 is 0 Å². The molecule has 2 heterocycles. The van der Waals surface area contributed by atoms with Crippen molar-refractivity contribution in [2.45, 2.75) is 19.3 Å². The third kappa shape index (κ3) is 6.43. The average Bonchev–Trinajstić information content (AvgIpc) is 3.12. The number of ether oxygens (including phenoxy) is 1. The standard InChI is InChI=1S/C25H24ClN3O5S/c26-19-13-17(9-10-20(19)34-16-22(30)27-18-7-3-1-4-8-18)14-21-24(32)29(25(33)35-21)15-23(31)28-11-5-2-6-12-28/h1,3-4,7-10,13-14H,2,5-6,11-12,15-16H2,(H,27,30)/b21-14-. The van der Waals surface area contributed by atoms with Crippen molar-refractivity contribution in [3.63, 3.8) is 0 Å². The molecule has 0 aliphatic carbocycles. The van der Waals surface area contributed by atoms with Gasteiger partial charge in [-0.05, 0) is 66.9 Å². The number of halogens is 1. The molecule has 0 spiro atoms. The Morgan fingerprint density at radius 3 is 2.51 bits per heavy atom. The molecule has 2 aliphatic heterocycles. The molecule has 0 atom stereocenters. The zero-order chi connectivity index (χ0) is 24.8. The summed E-state index contributed by atoms with van der Waals surface area (Å²) in [6.07, 6.45) is 4.51. The van der Waals surface area contributed by atoms with Gasteiger partial charge in [-0.15, -0.1) is 0 Å². The molecule has 35 heavy (non-hydrogen) atoms. The highest BCUT2D eigenvalue weighted by molar-refractivity contribution is 8.18. The minimum atomic E-state index is -0.501. The largest absolute Gasteiger partial charge is 0.482 e. The lowest BCUT2D eigenvalue weighted by molar-refractivity contribution is -0.136. The number of hydrogen-bond donors (Lipinski definition) is 1. The number of nitrogens with one attached hydrogen (secondary N) is 1. The molecule has 2 aliphatic rings. The first-order valence-corrected chi connectivity index (χ1v) is 12.4. The lowest BCUT2D eigenvalue weighted by atomic mass is 10.1. The van der Waals surface area contributed by atoms with Crippen LogP contribution in [-0.2, 0) is 14.4 Å². The molecule has 0 aromatic heterocycles.